The number of carbonyl (C=O) groups excluding carboxylic acids is 1. The molecule has 19 heavy (non-hydrogen) atoms. The zero-order valence-electron chi connectivity index (χ0n) is 10.4. The first-order chi connectivity index (χ1) is 8.95. The van der Waals surface area contributed by atoms with Crippen molar-refractivity contribution in [2.75, 3.05) is 19.0 Å². The first-order valence-corrected chi connectivity index (χ1v) is 6.41. The van der Waals surface area contributed by atoms with Crippen molar-refractivity contribution in [3.63, 3.8) is 0 Å². The van der Waals surface area contributed by atoms with Gasteiger partial charge in [-0.15, -0.1) is 0 Å². The van der Waals surface area contributed by atoms with Crippen LogP contribution in [0.1, 0.15) is 12.8 Å². The highest BCUT2D eigenvalue weighted by molar-refractivity contribution is 6.39. The van der Waals surface area contributed by atoms with Crippen LogP contribution in [0.25, 0.3) is 0 Å². The second-order valence-corrected chi connectivity index (χ2v) is 4.79. The van der Waals surface area contributed by atoms with Gasteiger partial charge in [0.2, 0.25) is 5.91 Å². The number of ether oxygens (including phenoxy) is 1. The molecule has 1 amide bonds. The van der Waals surface area contributed by atoms with Gasteiger partial charge >= 0.3 is 0 Å². The number of halogens is 3. The maximum atomic E-state index is 13.0. The van der Waals surface area contributed by atoms with Gasteiger partial charge in [-0.05, 0) is 25.0 Å². The lowest BCUT2D eigenvalue weighted by Gasteiger charge is -2.14. The van der Waals surface area contributed by atoms with E-state index in [4.69, 9.17) is 33.7 Å². The summed E-state index contributed by atoms with van der Waals surface area (Å²) in [7, 11) is 1.57. The van der Waals surface area contributed by atoms with Crippen LogP contribution in [0.5, 0.6) is 0 Å². The highest BCUT2D eigenvalue weighted by Gasteiger charge is 2.17. The van der Waals surface area contributed by atoms with Gasteiger partial charge < -0.3 is 15.8 Å². The van der Waals surface area contributed by atoms with Gasteiger partial charge in [0.05, 0.1) is 21.8 Å². The zero-order valence-corrected chi connectivity index (χ0v) is 11.9. The molecule has 0 radical (unpaired) electrons. The molecule has 3 N–H and O–H groups in total. The largest absolute Gasteiger partial charge is 0.385 e. The predicted octanol–water partition coefficient (Wildman–Crippen LogP) is 2.82. The van der Waals surface area contributed by atoms with Gasteiger partial charge in [0, 0.05) is 13.7 Å². The molecule has 1 rings (SSSR count). The number of rotatable bonds is 6. The summed E-state index contributed by atoms with van der Waals surface area (Å²) in [5, 5.41) is 2.56. The Bertz CT molecular complexity index is 434. The summed E-state index contributed by atoms with van der Waals surface area (Å²) in [4.78, 5) is 11.8. The van der Waals surface area contributed by atoms with Crippen LogP contribution in [0.15, 0.2) is 12.1 Å². The van der Waals surface area contributed by atoms with Gasteiger partial charge in [0.1, 0.15) is 5.82 Å². The minimum absolute atomic E-state index is 0.0300. The number of benzene rings is 1. The maximum Gasteiger partial charge on any atom is 0.241 e. The lowest BCUT2D eigenvalue weighted by Crippen LogP contribution is -2.35. The van der Waals surface area contributed by atoms with E-state index in [-0.39, 0.29) is 15.7 Å². The molecule has 0 saturated carbocycles. The van der Waals surface area contributed by atoms with Crippen LogP contribution in [0, 0.1) is 5.82 Å². The van der Waals surface area contributed by atoms with E-state index in [1.165, 1.54) is 0 Å². The molecule has 0 aliphatic carbocycles. The average Bonchev–Trinajstić information content (AvgIpc) is 2.33. The Labute approximate surface area is 121 Å². The van der Waals surface area contributed by atoms with Crippen LogP contribution in [-0.2, 0) is 9.53 Å². The summed E-state index contributed by atoms with van der Waals surface area (Å²) in [5.74, 6) is -0.996. The van der Waals surface area contributed by atoms with Crippen molar-refractivity contribution in [2.24, 2.45) is 5.73 Å². The monoisotopic (exact) mass is 308 g/mol. The van der Waals surface area contributed by atoms with Gasteiger partial charge in [-0.25, -0.2) is 4.39 Å². The van der Waals surface area contributed by atoms with E-state index in [0.717, 1.165) is 12.1 Å². The fourth-order valence-corrected chi connectivity index (χ4v) is 2.01. The smallest absolute Gasteiger partial charge is 0.241 e. The normalized spacial score (nSPS) is 12.3. The van der Waals surface area contributed by atoms with E-state index in [0.29, 0.717) is 19.4 Å². The minimum atomic E-state index is -0.702. The van der Waals surface area contributed by atoms with E-state index in [9.17, 15) is 9.18 Å². The second kappa shape index (κ2) is 7.65. The summed E-state index contributed by atoms with van der Waals surface area (Å²) in [6.07, 6.45) is 1.13. The minimum Gasteiger partial charge on any atom is -0.385 e. The standard InChI is InChI=1S/C12H15Cl2FN2O2/c1-19-4-2-3-10(16)12(18)17-11-8(13)5-7(15)6-9(11)14/h5-6,10H,2-4,16H2,1H3,(H,17,18). The summed E-state index contributed by atoms with van der Waals surface area (Å²) < 4.78 is 17.9. The molecule has 4 nitrogen and oxygen atoms in total. The quantitative estimate of drug-likeness (QED) is 0.794. The molecular weight excluding hydrogens is 294 g/mol. The summed E-state index contributed by atoms with van der Waals surface area (Å²) in [6.45, 7) is 0.527. The molecule has 0 aliphatic rings. The molecule has 0 spiro atoms. The van der Waals surface area contributed by atoms with Gasteiger partial charge in [-0.2, -0.15) is 0 Å². The van der Waals surface area contributed by atoms with Crippen LogP contribution in [-0.4, -0.2) is 25.7 Å². The zero-order chi connectivity index (χ0) is 14.4. The number of hydrogen-bond acceptors (Lipinski definition) is 3. The van der Waals surface area contributed by atoms with Crippen molar-refractivity contribution >= 4 is 34.8 Å². The second-order valence-electron chi connectivity index (χ2n) is 3.98. The van der Waals surface area contributed by atoms with E-state index < -0.39 is 17.8 Å². The van der Waals surface area contributed by atoms with Crippen LogP contribution in [0.3, 0.4) is 0 Å². The Morgan fingerprint density at radius 3 is 2.58 bits per heavy atom. The number of amides is 1. The third-order valence-corrected chi connectivity index (χ3v) is 3.05. The molecule has 0 fully saturated rings. The Balaban J connectivity index is 2.66. The van der Waals surface area contributed by atoms with Crippen molar-refractivity contribution in [3.8, 4) is 0 Å². The molecule has 1 unspecified atom stereocenters. The number of anilines is 1. The summed E-state index contributed by atoms with van der Waals surface area (Å²) >= 11 is 11.6. The molecule has 7 heteroatoms. The summed E-state index contributed by atoms with van der Waals surface area (Å²) in [6, 6.07) is 1.44. The number of hydrogen-bond donors (Lipinski definition) is 2. The Kier molecular flexibility index (Phi) is 6.51. The molecule has 0 aromatic heterocycles. The number of methoxy groups -OCH3 is 1. The molecule has 1 atom stereocenters. The van der Waals surface area contributed by atoms with Gasteiger partial charge in [-0.3, -0.25) is 4.79 Å². The van der Waals surface area contributed by atoms with Crippen molar-refractivity contribution in [1.29, 1.82) is 0 Å². The lowest BCUT2D eigenvalue weighted by molar-refractivity contribution is -0.117. The summed E-state index contributed by atoms with van der Waals surface area (Å²) in [5.41, 5.74) is 5.87. The van der Waals surface area contributed by atoms with E-state index in [1.807, 2.05) is 0 Å². The topological polar surface area (TPSA) is 64.3 Å². The average molecular weight is 309 g/mol. The van der Waals surface area contributed by atoms with E-state index >= 15 is 0 Å². The third kappa shape index (κ3) is 4.95. The molecule has 1 aromatic rings. The van der Waals surface area contributed by atoms with Crippen molar-refractivity contribution in [3.05, 3.63) is 28.0 Å². The molecule has 0 heterocycles. The van der Waals surface area contributed by atoms with Crippen LogP contribution in [0.4, 0.5) is 10.1 Å². The molecule has 0 saturated heterocycles. The van der Waals surface area contributed by atoms with Crippen LogP contribution >= 0.6 is 23.2 Å². The fraction of sp³-hybridized carbons (Fsp3) is 0.417. The number of nitrogens with one attached hydrogen (secondary N) is 1. The van der Waals surface area contributed by atoms with E-state index in [2.05, 4.69) is 5.32 Å². The molecule has 0 aliphatic heterocycles. The predicted molar refractivity (Wildman–Crippen MR) is 74.1 cm³/mol. The highest BCUT2D eigenvalue weighted by Crippen LogP contribution is 2.31. The molecular formula is C12H15Cl2FN2O2. The lowest BCUT2D eigenvalue weighted by atomic mass is 10.1. The Morgan fingerprint density at radius 2 is 2.05 bits per heavy atom. The first kappa shape index (κ1) is 16.2. The maximum absolute atomic E-state index is 13.0. The third-order valence-electron chi connectivity index (χ3n) is 2.46. The highest BCUT2D eigenvalue weighted by atomic mass is 35.5. The van der Waals surface area contributed by atoms with Gasteiger partial charge in [0.15, 0.2) is 0 Å². The van der Waals surface area contributed by atoms with Gasteiger partial charge in [0.25, 0.3) is 0 Å². The van der Waals surface area contributed by atoms with Crippen molar-refractivity contribution in [2.45, 2.75) is 18.9 Å². The van der Waals surface area contributed by atoms with E-state index in [1.54, 1.807) is 7.11 Å². The molecule has 106 valence electrons. The molecule has 0 bridgehead atoms. The number of carbonyl (C=O) groups is 1. The SMILES string of the molecule is COCCCC(N)C(=O)Nc1c(Cl)cc(F)cc1Cl. The van der Waals surface area contributed by atoms with Gasteiger partial charge in [-0.1, -0.05) is 23.2 Å². The van der Waals surface area contributed by atoms with Crippen LogP contribution < -0.4 is 11.1 Å². The molecule has 1 aromatic carbocycles. The van der Waals surface area contributed by atoms with Crippen LogP contribution in [0.2, 0.25) is 10.0 Å². The Hall–Kier alpha value is -0.880. The van der Waals surface area contributed by atoms with Crippen molar-refractivity contribution < 1.29 is 13.9 Å². The first-order valence-electron chi connectivity index (χ1n) is 5.65. The Morgan fingerprint density at radius 1 is 1.47 bits per heavy atom. The fourth-order valence-electron chi connectivity index (χ4n) is 1.46. The van der Waals surface area contributed by atoms with Crippen molar-refractivity contribution in [1.82, 2.24) is 0 Å². The number of nitrogens with two attached hydrogens (primary N) is 1.